The first-order chi connectivity index (χ1) is 8.23. The van der Waals surface area contributed by atoms with Crippen molar-refractivity contribution in [2.24, 2.45) is 0 Å². The highest BCUT2D eigenvalue weighted by molar-refractivity contribution is 5.86. The molecule has 0 aromatic carbocycles. The van der Waals surface area contributed by atoms with Crippen LogP contribution in [0.3, 0.4) is 0 Å². The van der Waals surface area contributed by atoms with E-state index in [2.05, 4.69) is 5.32 Å². The van der Waals surface area contributed by atoms with Crippen molar-refractivity contribution in [1.29, 1.82) is 0 Å². The van der Waals surface area contributed by atoms with E-state index in [4.69, 9.17) is 4.74 Å². The molecule has 102 valence electrons. The van der Waals surface area contributed by atoms with Crippen molar-refractivity contribution >= 4 is 12.1 Å². The number of carbonyl (C=O) groups is 2. The van der Waals surface area contributed by atoms with Gasteiger partial charge in [0.1, 0.15) is 5.60 Å². The van der Waals surface area contributed by atoms with E-state index in [1.165, 1.54) is 0 Å². The standard InChI is InChI=1S/C13H21NO4/c1-5-8-6-9(7-10(8)11(15)16)14-12(17)18-13(2,3)4/h9H,5-7H2,1-4H3,(H,14,17)(H,15,16)/p-1. The topological polar surface area (TPSA) is 78.5 Å². The van der Waals surface area contributed by atoms with Crippen molar-refractivity contribution in [3.8, 4) is 0 Å². The molecule has 0 saturated carbocycles. The minimum absolute atomic E-state index is 0.206. The minimum Gasteiger partial charge on any atom is -0.545 e. The van der Waals surface area contributed by atoms with Crippen LogP contribution in [0.25, 0.3) is 0 Å². The molecule has 0 bridgehead atoms. The summed E-state index contributed by atoms with van der Waals surface area (Å²) in [6.45, 7) is 7.24. The number of carboxylic acid groups (broad SMARTS) is 1. The third-order valence-electron chi connectivity index (χ3n) is 2.76. The van der Waals surface area contributed by atoms with Crippen LogP contribution in [0.15, 0.2) is 11.1 Å². The van der Waals surface area contributed by atoms with Crippen LogP contribution in [0.2, 0.25) is 0 Å². The summed E-state index contributed by atoms with van der Waals surface area (Å²) in [6, 6.07) is -0.206. The second-order valence-corrected chi connectivity index (χ2v) is 5.47. The molecule has 5 nitrogen and oxygen atoms in total. The fraction of sp³-hybridized carbons (Fsp3) is 0.692. The number of hydrogen-bond acceptors (Lipinski definition) is 4. The Kier molecular flexibility index (Phi) is 4.38. The molecule has 1 aliphatic rings. The average Bonchev–Trinajstić information content (AvgIpc) is 2.57. The van der Waals surface area contributed by atoms with Gasteiger partial charge in [0.25, 0.3) is 0 Å². The lowest BCUT2D eigenvalue weighted by molar-refractivity contribution is -0.299. The summed E-state index contributed by atoms with van der Waals surface area (Å²) >= 11 is 0. The highest BCUT2D eigenvalue weighted by Crippen LogP contribution is 2.28. The van der Waals surface area contributed by atoms with Crippen LogP contribution in [0.4, 0.5) is 4.79 Å². The quantitative estimate of drug-likeness (QED) is 0.818. The van der Waals surface area contributed by atoms with Crippen LogP contribution in [0.5, 0.6) is 0 Å². The summed E-state index contributed by atoms with van der Waals surface area (Å²) in [7, 11) is 0. The van der Waals surface area contributed by atoms with Gasteiger partial charge < -0.3 is 20.0 Å². The molecule has 0 heterocycles. The molecule has 0 saturated heterocycles. The van der Waals surface area contributed by atoms with Gasteiger partial charge in [-0.2, -0.15) is 0 Å². The molecular formula is C13H20NO4-. The van der Waals surface area contributed by atoms with E-state index in [0.29, 0.717) is 24.8 Å². The molecule has 0 aromatic heterocycles. The van der Waals surface area contributed by atoms with E-state index in [9.17, 15) is 14.7 Å². The van der Waals surface area contributed by atoms with E-state index >= 15 is 0 Å². The number of nitrogens with one attached hydrogen (secondary N) is 1. The summed E-state index contributed by atoms with van der Waals surface area (Å²) in [5.74, 6) is -1.14. The van der Waals surface area contributed by atoms with Crippen molar-refractivity contribution in [2.45, 2.75) is 58.6 Å². The number of carbonyl (C=O) groups excluding carboxylic acids is 2. The zero-order valence-corrected chi connectivity index (χ0v) is 11.3. The van der Waals surface area contributed by atoms with Gasteiger partial charge in [-0.15, -0.1) is 0 Å². The molecule has 0 aromatic rings. The number of carboxylic acids is 1. The molecule has 5 heteroatoms. The Labute approximate surface area is 107 Å². The third-order valence-corrected chi connectivity index (χ3v) is 2.76. The number of alkyl carbamates (subject to hydrolysis) is 1. The fourth-order valence-electron chi connectivity index (χ4n) is 2.05. The van der Waals surface area contributed by atoms with Crippen LogP contribution in [-0.2, 0) is 9.53 Å². The predicted octanol–water partition coefficient (Wildman–Crippen LogP) is 1.13. The van der Waals surface area contributed by atoms with E-state index in [-0.39, 0.29) is 6.04 Å². The Balaban J connectivity index is 2.55. The van der Waals surface area contributed by atoms with Crippen LogP contribution >= 0.6 is 0 Å². The summed E-state index contributed by atoms with van der Waals surface area (Å²) in [6.07, 6.45) is 1.02. The normalized spacial score (nSPS) is 19.9. The van der Waals surface area contributed by atoms with E-state index in [1.54, 1.807) is 20.8 Å². The Morgan fingerprint density at radius 1 is 1.39 bits per heavy atom. The Morgan fingerprint density at radius 2 is 2.00 bits per heavy atom. The molecule has 1 aliphatic carbocycles. The molecule has 1 amide bonds. The zero-order valence-electron chi connectivity index (χ0n) is 11.3. The van der Waals surface area contributed by atoms with Crippen LogP contribution in [-0.4, -0.2) is 23.7 Å². The second kappa shape index (κ2) is 5.42. The Hall–Kier alpha value is -1.52. The molecule has 0 radical (unpaired) electrons. The summed E-state index contributed by atoms with van der Waals surface area (Å²) in [4.78, 5) is 22.5. The van der Waals surface area contributed by atoms with Gasteiger partial charge >= 0.3 is 6.09 Å². The number of ether oxygens (including phenoxy) is 1. The van der Waals surface area contributed by atoms with Crippen molar-refractivity contribution in [2.75, 3.05) is 0 Å². The van der Waals surface area contributed by atoms with Crippen LogP contribution in [0, 0.1) is 0 Å². The highest BCUT2D eigenvalue weighted by Gasteiger charge is 2.26. The lowest BCUT2D eigenvalue weighted by atomic mass is 10.1. The minimum atomic E-state index is -1.14. The van der Waals surface area contributed by atoms with Gasteiger partial charge in [-0.25, -0.2) is 4.79 Å². The molecule has 0 aliphatic heterocycles. The van der Waals surface area contributed by atoms with Gasteiger partial charge in [0, 0.05) is 6.04 Å². The molecule has 0 fully saturated rings. The van der Waals surface area contributed by atoms with Gasteiger partial charge in [0.05, 0.1) is 5.97 Å². The third kappa shape index (κ3) is 4.05. The first-order valence-corrected chi connectivity index (χ1v) is 6.14. The monoisotopic (exact) mass is 254 g/mol. The maximum absolute atomic E-state index is 11.6. The van der Waals surface area contributed by atoms with E-state index < -0.39 is 17.7 Å². The largest absolute Gasteiger partial charge is 0.545 e. The van der Waals surface area contributed by atoms with Crippen LogP contribution in [0.1, 0.15) is 47.0 Å². The highest BCUT2D eigenvalue weighted by atomic mass is 16.6. The van der Waals surface area contributed by atoms with Crippen molar-refractivity contribution in [1.82, 2.24) is 5.32 Å². The van der Waals surface area contributed by atoms with Crippen LogP contribution < -0.4 is 10.4 Å². The molecule has 1 rings (SSSR count). The van der Waals surface area contributed by atoms with Crippen molar-refractivity contribution in [3.05, 3.63) is 11.1 Å². The van der Waals surface area contributed by atoms with Crippen molar-refractivity contribution < 1.29 is 19.4 Å². The first kappa shape index (κ1) is 14.5. The fourth-order valence-corrected chi connectivity index (χ4v) is 2.05. The van der Waals surface area contributed by atoms with Gasteiger partial charge in [-0.3, -0.25) is 0 Å². The molecular weight excluding hydrogens is 234 g/mol. The lowest BCUT2D eigenvalue weighted by Crippen LogP contribution is -2.38. The summed E-state index contributed by atoms with van der Waals surface area (Å²) in [5, 5.41) is 13.6. The molecule has 1 N–H and O–H groups in total. The lowest BCUT2D eigenvalue weighted by Gasteiger charge is -2.22. The smallest absolute Gasteiger partial charge is 0.407 e. The molecule has 0 spiro atoms. The van der Waals surface area contributed by atoms with E-state index in [0.717, 1.165) is 5.57 Å². The first-order valence-electron chi connectivity index (χ1n) is 6.14. The second-order valence-electron chi connectivity index (χ2n) is 5.47. The molecule has 1 atom stereocenters. The molecule has 18 heavy (non-hydrogen) atoms. The predicted molar refractivity (Wildman–Crippen MR) is 64.7 cm³/mol. The summed E-state index contributed by atoms with van der Waals surface area (Å²) < 4.78 is 5.13. The number of aliphatic carboxylic acids is 1. The molecule has 1 unspecified atom stereocenters. The number of amides is 1. The van der Waals surface area contributed by atoms with E-state index in [1.807, 2.05) is 6.92 Å². The maximum Gasteiger partial charge on any atom is 0.407 e. The Bertz CT molecular complexity index is 379. The van der Waals surface area contributed by atoms with Gasteiger partial charge in [0.15, 0.2) is 0 Å². The SMILES string of the molecule is CCC1=C(C(=O)[O-])CC(NC(=O)OC(C)(C)C)C1. The number of hydrogen-bond donors (Lipinski definition) is 1. The van der Waals surface area contributed by atoms with Crippen molar-refractivity contribution in [3.63, 3.8) is 0 Å². The number of rotatable bonds is 3. The average molecular weight is 254 g/mol. The zero-order chi connectivity index (χ0) is 13.9. The van der Waals surface area contributed by atoms with Gasteiger partial charge in [-0.05, 0) is 45.6 Å². The Morgan fingerprint density at radius 3 is 2.39 bits per heavy atom. The maximum atomic E-state index is 11.6. The van der Waals surface area contributed by atoms with Gasteiger partial charge in [-0.1, -0.05) is 12.5 Å². The van der Waals surface area contributed by atoms with Gasteiger partial charge in [0.2, 0.25) is 0 Å². The summed E-state index contributed by atoms with van der Waals surface area (Å²) in [5.41, 5.74) is 0.607.